The van der Waals surface area contributed by atoms with Crippen LogP contribution in [0.2, 0.25) is 5.02 Å². The van der Waals surface area contributed by atoms with E-state index in [9.17, 15) is 4.79 Å². The summed E-state index contributed by atoms with van der Waals surface area (Å²) in [7, 11) is 0. The summed E-state index contributed by atoms with van der Waals surface area (Å²) >= 11 is 6.05. The minimum atomic E-state index is -0.182. The number of hydrogen-bond donors (Lipinski definition) is 1. The summed E-state index contributed by atoms with van der Waals surface area (Å²) in [6.45, 7) is 0.564. The Morgan fingerprint density at radius 1 is 1.35 bits per heavy atom. The fraction of sp³-hybridized carbons (Fsp3) is 0.200. The average Bonchev–Trinajstić information content (AvgIpc) is 2.47. The molecule has 0 saturated carbocycles. The molecule has 1 amide bonds. The van der Waals surface area contributed by atoms with Gasteiger partial charge in [-0.15, -0.1) is 0 Å². The Kier molecular flexibility index (Phi) is 3.67. The third-order valence-electron chi connectivity index (χ3n) is 3.22. The van der Waals surface area contributed by atoms with Crippen LogP contribution in [0.1, 0.15) is 11.6 Å². The molecule has 1 aliphatic heterocycles. The summed E-state index contributed by atoms with van der Waals surface area (Å²) in [6, 6.07) is 9.35. The second kappa shape index (κ2) is 5.61. The molecule has 1 atom stereocenters. The van der Waals surface area contributed by atoms with Crippen molar-refractivity contribution in [1.29, 1.82) is 0 Å². The van der Waals surface area contributed by atoms with Gasteiger partial charge in [0.1, 0.15) is 6.61 Å². The van der Waals surface area contributed by atoms with E-state index in [1.54, 1.807) is 12.4 Å². The quantitative estimate of drug-likeness (QED) is 0.924. The van der Waals surface area contributed by atoms with Gasteiger partial charge in [0.05, 0.1) is 12.6 Å². The van der Waals surface area contributed by atoms with Gasteiger partial charge in [-0.2, -0.15) is 0 Å². The molecule has 2 heterocycles. The van der Waals surface area contributed by atoms with Gasteiger partial charge in [-0.3, -0.25) is 9.78 Å². The Morgan fingerprint density at radius 3 is 3.05 bits per heavy atom. The zero-order valence-electron chi connectivity index (χ0n) is 10.7. The van der Waals surface area contributed by atoms with Gasteiger partial charge in [-0.05, 0) is 29.3 Å². The molecule has 1 aliphatic rings. The highest BCUT2D eigenvalue weighted by atomic mass is 35.5. The molecule has 0 bridgehead atoms. The number of aromatic nitrogens is 1. The van der Waals surface area contributed by atoms with Crippen LogP contribution < -0.4 is 5.32 Å². The summed E-state index contributed by atoms with van der Waals surface area (Å²) in [6.07, 6.45) is 3.49. The maximum Gasteiger partial charge on any atom is 0.246 e. The molecule has 1 unspecified atom stereocenters. The minimum absolute atomic E-state index is 0.109. The van der Waals surface area contributed by atoms with Crippen molar-refractivity contribution in [2.45, 2.75) is 6.04 Å². The molecule has 0 radical (unpaired) electrons. The predicted molar refractivity (Wildman–Crippen MR) is 76.4 cm³/mol. The summed E-state index contributed by atoms with van der Waals surface area (Å²) in [5.74, 6) is -0.109. The molecule has 102 valence electrons. The molecule has 0 spiro atoms. The third-order valence-corrected chi connectivity index (χ3v) is 3.45. The highest BCUT2D eigenvalue weighted by Crippen LogP contribution is 2.30. The van der Waals surface area contributed by atoms with Crippen LogP contribution in [0.15, 0.2) is 42.7 Å². The fourth-order valence-electron chi connectivity index (χ4n) is 2.32. The van der Waals surface area contributed by atoms with E-state index in [2.05, 4.69) is 10.3 Å². The van der Waals surface area contributed by atoms with Crippen molar-refractivity contribution < 1.29 is 9.53 Å². The van der Waals surface area contributed by atoms with Crippen LogP contribution in [0.3, 0.4) is 0 Å². The van der Waals surface area contributed by atoms with Crippen molar-refractivity contribution in [2.75, 3.05) is 13.2 Å². The molecule has 1 aromatic heterocycles. The predicted octanol–water partition coefficient (Wildman–Crippen LogP) is 2.59. The van der Waals surface area contributed by atoms with E-state index in [0.717, 1.165) is 16.7 Å². The minimum Gasteiger partial charge on any atom is -0.369 e. The Morgan fingerprint density at radius 2 is 2.25 bits per heavy atom. The van der Waals surface area contributed by atoms with Crippen LogP contribution in [-0.2, 0) is 9.53 Å². The van der Waals surface area contributed by atoms with E-state index < -0.39 is 0 Å². The number of benzene rings is 1. The van der Waals surface area contributed by atoms with Gasteiger partial charge in [-0.1, -0.05) is 23.7 Å². The number of amides is 1. The highest BCUT2D eigenvalue weighted by Gasteiger charge is 2.23. The standard InChI is InChI=1S/C15H13ClN2O2/c16-11-3-1-2-10(6-11)12-4-5-17-7-13(12)14-8-20-9-15(19)18-14/h1-7,14H,8-9H2,(H,18,19). The Labute approximate surface area is 121 Å². The lowest BCUT2D eigenvalue weighted by molar-refractivity contribution is -0.131. The zero-order valence-corrected chi connectivity index (χ0v) is 11.4. The average molecular weight is 289 g/mol. The Balaban J connectivity index is 2.02. The largest absolute Gasteiger partial charge is 0.369 e. The molecule has 1 saturated heterocycles. The lowest BCUT2D eigenvalue weighted by Gasteiger charge is -2.25. The zero-order chi connectivity index (χ0) is 13.9. The first-order chi connectivity index (χ1) is 9.74. The van der Waals surface area contributed by atoms with E-state index in [-0.39, 0.29) is 18.6 Å². The molecular weight excluding hydrogens is 276 g/mol. The highest BCUT2D eigenvalue weighted by molar-refractivity contribution is 6.30. The molecule has 0 aliphatic carbocycles. The SMILES string of the molecule is O=C1COCC(c2cnccc2-c2cccc(Cl)c2)N1. The van der Waals surface area contributed by atoms with Crippen molar-refractivity contribution in [3.8, 4) is 11.1 Å². The lowest BCUT2D eigenvalue weighted by Crippen LogP contribution is -2.40. The van der Waals surface area contributed by atoms with Gasteiger partial charge >= 0.3 is 0 Å². The molecule has 1 N–H and O–H groups in total. The van der Waals surface area contributed by atoms with Gasteiger partial charge < -0.3 is 10.1 Å². The van der Waals surface area contributed by atoms with Crippen LogP contribution in [-0.4, -0.2) is 24.1 Å². The number of carbonyl (C=O) groups is 1. The number of pyridine rings is 1. The topological polar surface area (TPSA) is 51.2 Å². The molecule has 5 heteroatoms. The van der Waals surface area contributed by atoms with Gasteiger partial charge in [-0.25, -0.2) is 0 Å². The van der Waals surface area contributed by atoms with Gasteiger partial charge in [0, 0.05) is 23.0 Å². The number of hydrogen-bond acceptors (Lipinski definition) is 3. The van der Waals surface area contributed by atoms with Crippen molar-refractivity contribution in [1.82, 2.24) is 10.3 Å². The Bertz CT molecular complexity index is 645. The van der Waals surface area contributed by atoms with E-state index in [0.29, 0.717) is 11.6 Å². The molecule has 20 heavy (non-hydrogen) atoms. The summed E-state index contributed by atoms with van der Waals surface area (Å²) < 4.78 is 5.30. The van der Waals surface area contributed by atoms with E-state index >= 15 is 0 Å². The third kappa shape index (κ3) is 2.66. The Hall–Kier alpha value is -1.91. The number of morpholine rings is 1. The number of nitrogens with zero attached hydrogens (tertiary/aromatic N) is 1. The number of ether oxygens (including phenoxy) is 1. The van der Waals surface area contributed by atoms with Crippen LogP contribution in [0.25, 0.3) is 11.1 Å². The normalized spacial score (nSPS) is 18.6. The second-order valence-electron chi connectivity index (χ2n) is 4.61. The lowest BCUT2D eigenvalue weighted by atomic mass is 9.97. The van der Waals surface area contributed by atoms with Gasteiger partial charge in [0.15, 0.2) is 0 Å². The fourth-order valence-corrected chi connectivity index (χ4v) is 2.51. The van der Waals surface area contributed by atoms with Crippen molar-refractivity contribution in [2.24, 2.45) is 0 Å². The summed E-state index contributed by atoms with van der Waals surface area (Å²) in [5, 5.41) is 3.60. The second-order valence-corrected chi connectivity index (χ2v) is 5.04. The smallest absolute Gasteiger partial charge is 0.246 e. The van der Waals surface area contributed by atoms with E-state index in [1.807, 2.05) is 30.3 Å². The molecule has 2 aromatic rings. The van der Waals surface area contributed by atoms with Crippen LogP contribution in [0.4, 0.5) is 0 Å². The summed E-state index contributed by atoms with van der Waals surface area (Å²) in [4.78, 5) is 15.6. The number of halogens is 1. The maximum absolute atomic E-state index is 11.5. The van der Waals surface area contributed by atoms with E-state index in [1.165, 1.54) is 0 Å². The van der Waals surface area contributed by atoms with Crippen LogP contribution in [0.5, 0.6) is 0 Å². The monoisotopic (exact) mass is 288 g/mol. The number of nitrogens with one attached hydrogen (secondary N) is 1. The van der Waals surface area contributed by atoms with Crippen LogP contribution >= 0.6 is 11.6 Å². The first kappa shape index (κ1) is 13.1. The van der Waals surface area contributed by atoms with Crippen molar-refractivity contribution >= 4 is 17.5 Å². The first-order valence-electron chi connectivity index (χ1n) is 6.31. The maximum atomic E-state index is 11.5. The van der Waals surface area contributed by atoms with Crippen molar-refractivity contribution in [3.05, 3.63) is 53.3 Å². The van der Waals surface area contributed by atoms with Gasteiger partial charge in [0.2, 0.25) is 5.91 Å². The van der Waals surface area contributed by atoms with Crippen molar-refractivity contribution in [3.63, 3.8) is 0 Å². The van der Waals surface area contributed by atoms with E-state index in [4.69, 9.17) is 16.3 Å². The molecule has 1 aromatic carbocycles. The molecular formula is C15H13ClN2O2. The summed E-state index contributed by atoms with van der Waals surface area (Å²) in [5.41, 5.74) is 2.93. The molecule has 4 nitrogen and oxygen atoms in total. The molecule has 1 fully saturated rings. The van der Waals surface area contributed by atoms with Gasteiger partial charge in [0.25, 0.3) is 0 Å². The number of carbonyl (C=O) groups excluding carboxylic acids is 1. The number of rotatable bonds is 2. The van der Waals surface area contributed by atoms with Crippen LogP contribution in [0, 0.1) is 0 Å². The molecule has 3 rings (SSSR count). The first-order valence-corrected chi connectivity index (χ1v) is 6.69.